The molecular weight excluding hydrogens is 435 g/mol. The second-order valence-electron chi connectivity index (χ2n) is 9.19. The number of hydrogen-bond donors (Lipinski definition) is 2. The average molecular weight is 468 g/mol. The van der Waals surface area contributed by atoms with E-state index in [0.717, 1.165) is 20.5 Å². The molecule has 2 aliphatic rings. The van der Waals surface area contributed by atoms with Crippen molar-refractivity contribution in [1.82, 2.24) is 0 Å². The Kier molecular flexibility index (Phi) is 6.86. The first-order chi connectivity index (χ1) is 16.4. The van der Waals surface area contributed by atoms with Crippen LogP contribution in [0.2, 0.25) is 0 Å². The summed E-state index contributed by atoms with van der Waals surface area (Å²) in [7, 11) is -1.51. The van der Waals surface area contributed by atoms with Gasteiger partial charge in [0.1, 0.15) is 0 Å². The molecule has 0 radical (unpaired) electrons. The molecule has 5 rings (SSSR count). The lowest BCUT2D eigenvalue weighted by Crippen LogP contribution is -2.24. The highest BCUT2D eigenvalue weighted by Crippen LogP contribution is 2.54. The van der Waals surface area contributed by atoms with E-state index in [1.807, 2.05) is 26.8 Å². The molecule has 2 aromatic carbocycles. The van der Waals surface area contributed by atoms with E-state index in [9.17, 15) is 10.0 Å². The first-order valence-electron chi connectivity index (χ1n) is 12.1. The van der Waals surface area contributed by atoms with Crippen molar-refractivity contribution in [2.45, 2.75) is 46.0 Å². The number of benzene rings is 2. The predicted molar refractivity (Wildman–Crippen MR) is 150 cm³/mol. The fraction of sp³-hybridized carbons (Fsp3) is 0.267. The van der Waals surface area contributed by atoms with Crippen LogP contribution in [0, 0.1) is 5.92 Å². The van der Waals surface area contributed by atoms with Crippen LogP contribution in [0.3, 0.4) is 0 Å². The van der Waals surface area contributed by atoms with Crippen LogP contribution in [-0.2, 0) is 5.41 Å². The Hall–Kier alpha value is -2.66. The van der Waals surface area contributed by atoms with Crippen molar-refractivity contribution in [1.29, 1.82) is 0 Å². The van der Waals surface area contributed by atoms with E-state index in [1.165, 1.54) is 22.3 Å². The van der Waals surface area contributed by atoms with Crippen molar-refractivity contribution in [3.8, 4) is 11.1 Å². The van der Waals surface area contributed by atoms with Crippen molar-refractivity contribution < 1.29 is 10.0 Å². The van der Waals surface area contributed by atoms with Crippen LogP contribution in [0.25, 0.3) is 32.8 Å². The van der Waals surface area contributed by atoms with Crippen LogP contribution in [0.1, 0.15) is 62.1 Å². The molecule has 2 unspecified atom stereocenters. The quantitative estimate of drug-likeness (QED) is 0.384. The summed E-state index contributed by atoms with van der Waals surface area (Å²) in [6, 6.07) is 13.2. The van der Waals surface area contributed by atoms with Gasteiger partial charge in [0.15, 0.2) is 0 Å². The summed E-state index contributed by atoms with van der Waals surface area (Å²) in [5.41, 5.74) is 6.75. The second kappa shape index (κ2) is 9.54. The molecule has 0 saturated carbocycles. The van der Waals surface area contributed by atoms with Gasteiger partial charge in [-0.2, -0.15) is 0 Å². The molecule has 34 heavy (non-hydrogen) atoms. The molecule has 3 aromatic rings. The average Bonchev–Trinajstić information content (AvgIpc) is 3.33. The van der Waals surface area contributed by atoms with Gasteiger partial charge in [-0.05, 0) is 51.5 Å². The fourth-order valence-electron chi connectivity index (χ4n) is 5.53. The Morgan fingerprint density at radius 2 is 1.82 bits per heavy atom. The van der Waals surface area contributed by atoms with E-state index < -0.39 is 7.12 Å². The highest BCUT2D eigenvalue weighted by Gasteiger charge is 2.44. The highest BCUT2D eigenvalue weighted by atomic mass is 32.1. The van der Waals surface area contributed by atoms with E-state index in [1.54, 1.807) is 17.4 Å². The van der Waals surface area contributed by atoms with E-state index in [0.29, 0.717) is 17.3 Å². The topological polar surface area (TPSA) is 40.5 Å². The number of hydrogen-bond acceptors (Lipinski definition) is 3. The third-order valence-electron chi connectivity index (χ3n) is 7.20. The lowest BCUT2D eigenvalue weighted by atomic mass is 9.74. The lowest BCUT2D eigenvalue weighted by Gasteiger charge is -2.29. The molecule has 2 nitrogen and oxygen atoms in total. The number of rotatable bonds is 4. The summed E-state index contributed by atoms with van der Waals surface area (Å²) in [4.78, 5) is 0.864. The third-order valence-corrected chi connectivity index (χ3v) is 8.50. The van der Waals surface area contributed by atoms with Crippen molar-refractivity contribution in [2.75, 3.05) is 0 Å². The molecule has 0 aliphatic heterocycles. The first kappa shape index (κ1) is 24.5. The van der Waals surface area contributed by atoms with Crippen molar-refractivity contribution in [2.24, 2.45) is 5.92 Å². The Balaban J connectivity index is 0.00000133. The summed E-state index contributed by atoms with van der Waals surface area (Å²) in [6.07, 6.45) is 12.6. The Bertz CT molecular complexity index is 1320. The molecule has 2 aliphatic carbocycles. The van der Waals surface area contributed by atoms with E-state index in [4.69, 9.17) is 0 Å². The molecular formula is C30H33BO2S. The summed E-state index contributed by atoms with van der Waals surface area (Å²) in [5.74, 6) is 0.927. The normalized spacial score (nSPS) is 19.9. The number of thiophene rings is 1. The Morgan fingerprint density at radius 3 is 2.50 bits per heavy atom. The van der Waals surface area contributed by atoms with Gasteiger partial charge in [-0.3, -0.25) is 0 Å². The fourth-order valence-corrected chi connectivity index (χ4v) is 6.96. The van der Waals surface area contributed by atoms with Gasteiger partial charge in [-0.15, -0.1) is 11.3 Å². The third kappa shape index (κ3) is 3.74. The standard InChI is InChI=1S/C28H27BO2S.C2H6/c1-5-18-22-12-9-11-19(26(22)32-27(18)25(6-2)29(30)31)17-14-15-21-20-10-7-8-13-23(20)28(3,4)24(21)16-17;1-2/h5-16,20,23,30-31H,1H2,2-4H3;1-2H3/b25-6+;. The minimum atomic E-state index is -1.51. The van der Waals surface area contributed by atoms with Crippen molar-refractivity contribution in [3.05, 3.63) is 94.9 Å². The van der Waals surface area contributed by atoms with Gasteiger partial charge in [0.05, 0.1) is 0 Å². The molecule has 0 fully saturated rings. The molecule has 0 amide bonds. The Labute approximate surface area is 207 Å². The maximum Gasteiger partial charge on any atom is 0.489 e. The monoisotopic (exact) mass is 468 g/mol. The summed E-state index contributed by atoms with van der Waals surface area (Å²) >= 11 is 1.60. The lowest BCUT2D eigenvalue weighted by molar-refractivity contribution is 0.394. The second-order valence-corrected chi connectivity index (χ2v) is 10.2. The first-order valence-corrected chi connectivity index (χ1v) is 12.9. The molecule has 2 N–H and O–H groups in total. The van der Waals surface area contributed by atoms with Gasteiger partial charge in [-0.1, -0.05) is 107 Å². The molecule has 0 bridgehead atoms. The van der Waals surface area contributed by atoms with Crippen LogP contribution >= 0.6 is 11.3 Å². The summed E-state index contributed by atoms with van der Waals surface area (Å²) < 4.78 is 1.14. The minimum Gasteiger partial charge on any atom is -0.423 e. The summed E-state index contributed by atoms with van der Waals surface area (Å²) in [6.45, 7) is 14.5. The molecule has 1 aromatic heterocycles. The van der Waals surface area contributed by atoms with Crippen LogP contribution in [0.4, 0.5) is 0 Å². The predicted octanol–water partition coefficient (Wildman–Crippen LogP) is 7.77. The van der Waals surface area contributed by atoms with Crippen molar-refractivity contribution in [3.63, 3.8) is 0 Å². The van der Waals surface area contributed by atoms with Crippen LogP contribution in [0.5, 0.6) is 0 Å². The van der Waals surface area contributed by atoms with Gasteiger partial charge in [0.25, 0.3) is 0 Å². The van der Waals surface area contributed by atoms with E-state index >= 15 is 0 Å². The van der Waals surface area contributed by atoms with Crippen LogP contribution in [-0.4, -0.2) is 17.2 Å². The molecule has 4 heteroatoms. The molecule has 174 valence electrons. The molecule has 1 heterocycles. The van der Waals surface area contributed by atoms with E-state index in [2.05, 4.69) is 81.1 Å². The molecule has 0 spiro atoms. The van der Waals surface area contributed by atoms with Gasteiger partial charge in [-0.25, -0.2) is 0 Å². The zero-order valence-electron chi connectivity index (χ0n) is 20.7. The van der Waals surface area contributed by atoms with Gasteiger partial charge >= 0.3 is 7.12 Å². The van der Waals surface area contributed by atoms with Crippen LogP contribution in [0.15, 0.2) is 73.4 Å². The SMILES string of the molecule is C=Cc1c(/C(=C\C)B(O)O)sc2c(-c3ccc4c(c3)C(C)(C)C3C=CC=CC43)cccc12.CC. The largest absolute Gasteiger partial charge is 0.489 e. The van der Waals surface area contributed by atoms with Crippen molar-refractivity contribution >= 4 is 40.1 Å². The van der Waals surface area contributed by atoms with Gasteiger partial charge in [0, 0.05) is 20.9 Å². The molecule has 0 saturated heterocycles. The van der Waals surface area contributed by atoms with E-state index in [-0.39, 0.29) is 5.41 Å². The maximum atomic E-state index is 9.91. The smallest absolute Gasteiger partial charge is 0.423 e. The number of fused-ring (bicyclic) bond motifs is 4. The van der Waals surface area contributed by atoms with Gasteiger partial charge < -0.3 is 10.0 Å². The summed E-state index contributed by atoms with van der Waals surface area (Å²) in [5, 5.41) is 20.9. The van der Waals surface area contributed by atoms with Gasteiger partial charge in [0.2, 0.25) is 0 Å². The molecule has 2 atom stereocenters. The Morgan fingerprint density at radius 1 is 1.09 bits per heavy atom. The zero-order valence-corrected chi connectivity index (χ0v) is 21.5. The van der Waals surface area contributed by atoms with Crippen LogP contribution < -0.4 is 0 Å². The number of allylic oxidation sites excluding steroid dienone is 5. The highest BCUT2D eigenvalue weighted by molar-refractivity contribution is 7.21. The zero-order chi connectivity index (χ0) is 24.6. The maximum absolute atomic E-state index is 9.91. The minimum absolute atomic E-state index is 0.0666.